The topological polar surface area (TPSA) is 15.8 Å². The third kappa shape index (κ3) is 6.78. The van der Waals surface area contributed by atoms with Crippen LogP contribution in [0.2, 0.25) is 0 Å². The van der Waals surface area contributed by atoms with E-state index >= 15 is 0 Å². The van der Waals surface area contributed by atoms with E-state index in [2.05, 4.69) is 43.6 Å². The van der Waals surface area contributed by atoms with Gasteiger partial charge in [0, 0.05) is 11.0 Å². The molecule has 0 saturated carbocycles. The molecule has 0 spiro atoms. The van der Waals surface area contributed by atoms with Crippen LogP contribution in [0.25, 0.3) is 12.2 Å². The number of hydrogen-bond acceptors (Lipinski definition) is 0. The molecule has 0 fully saturated rings. The summed E-state index contributed by atoms with van der Waals surface area (Å²) in [4.78, 5) is 3.26. The second kappa shape index (κ2) is 10.8. The Hall–Kier alpha value is -1.24. The van der Waals surface area contributed by atoms with E-state index in [0.29, 0.717) is 0 Å². The average molecular weight is 207 g/mol. The Balaban J connectivity index is 0. The molecule has 0 aromatic carbocycles. The van der Waals surface area contributed by atoms with E-state index in [4.69, 9.17) is 0 Å². The van der Waals surface area contributed by atoms with Gasteiger partial charge < -0.3 is 4.98 Å². The van der Waals surface area contributed by atoms with Gasteiger partial charge in [-0.25, -0.2) is 0 Å². The average Bonchev–Trinajstić information content (AvgIpc) is 2.63. The van der Waals surface area contributed by atoms with E-state index in [0.717, 1.165) is 0 Å². The van der Waals surface area contributed by atoms with Crippen molar-refractivity contribution < 1.29 is 0 Å². The highest BCUT2D eigenvalue weighted by Gasteiger charge is 1.86. The molecule has 0 radical (unpaired) electrons. The summed E-state index contributed by atoms with van der Waals surface area (Å²) < 4.78 is 0. The molecule has 0 atom stereocenters. The number of aromatic amines is 1. The lowest BCUT2D eigenvalue weighted by atomic mass is 10.3. The van der Waals surface area contributed by atoms with Crippen LogP contribution >= 0.6 is 0 Å². The standard InChI is InChI=1S/C9H13N.C3H6.C2H6/c1-4-8-6-7(3)10-9(8)5-2;1-3-2;1-2/h4-6,10H,1-3H3;3H,1H2,2H3;1-2H3/b8-4-,9-5+;;. The predicted molar refractivity (Wildman–Crippen MR) is 72.3 cm³/mol. The Kier molecular flexibility index (Phi) is 11.7. The van der Waals surface area contributed by atoms with Crippen LogP contribution in [0.1, 0.15) is 40.3 Å². The molecule has 1 nitrogen and oxygen atoms in total. The van der Waals surface area contributed by atoms with Crippen molar-refractivity contribution in [1.82, 2.24) is 4.98 Å². The lowest BCUT2D eigenvalue weighted by Gasteiger charge is -1.75. The van der Waals surface area contributed by atoms with Gasteiger partial charge in [-0.05, 0) is 39.0 Å². The molecular formula is C14H25N. The molecule has 1 aromatic rings. The first-order valence-corrected chi connectivity index (χ1v) is 5.54. The molecule has 1 heterocycles. The fourth-order valence-electron chi connectivity index (χ4n) is 1.11. The van der Waals surface area contributed by atoms with Gasteiger partial charge in [0.25, 0.3) is 0 Å². The van der Waals surface area contributed by atoms with Gasteiger partial charge in [-0.15, -0.1) is 6.58 Å². The molecule has 0 aliphatic rings. The summed E-state index contributed by atoms with van der Waals surface area (Å²) in [5, 5.41) is 2.51. The molecule has 0 amide bonds. The molecule has 0 aliphatic carbocycles. The Labute approximate surface area is 94.2 Å². The zero-order valence-electron chi connectivity index (χ0n) is 11.0. The van der Waals surface area contributed by atoms with Crippen LogP contribution in [0.3, 0.4) is 0 Å². The minimum absolute atomic E-state index is 1.22. The van der Waals surface area contributed by atoms with E-state index < -0.39 is 0 Å². The molecule has 1 heteroatoms. The summed E-state index contributed by atoms with van der Waals surface area (Å²) in [5.41, 5.74) is 1.22. The molecule has 1 N–H and O–H groups in total. The van der Waals surface area contributed by atoms with Crippen LogP contribution in [-0.2, 0) is 0 Å². The van der Waals surface area contributed by atoms with E-state index in [1.807, 2.05) is 27.7 Å². The lowest BCUT2D eigenvalue weighted by Crippen LogP contribution is -2.20. The Morgan fingerprint density at radius 2 is 1.60 bits per heavy atom. The summed E-state index contributed by atoms with van der Waals surface area (Å²) >= 11 is 0. The van der Waals surface area contributed by atoms with Gasteiger partial charge in [0.2, 0.25) is 0 Å². The molecule has 1 rings (SSSR count). The van der Waals surface area contributed by atoms with Crippen molar-refractivity contribution in [2.45, 2.75) is 41.5 Å². The van der Waals surface area contributed by atoms with Gasteiger partial charge in [0.05, 0.1) is 0 Å². The van der Waals surface area contributed by atoms with Crippen molar-refractivity contribution in [2.24, 2.45) is 0 Å². The number of aryl methyl sites for hydroxylation is 1. The fraction of sp³-hybridized carbons (Fsp3) is 0.429. The van der Waals surface area contributed by atoms with Gasteiger partial charge in [0.1, 0.15) is 0 Å². The molecular weight excluding hydrogens is 182 g/mol. The second-order valence-electron chi connectivity index (χ2n) is 2.81. The zero-order valence-corrected chi connectivity index (χ0v) is 11.0. The molecule has 0 bridgehead atoms. The first-order valence-electron chi connectivity index (χ1n) is 5.54. The van der Waals surface area contributed by atoms with Crippen molar-refractivity contribution >= 4 is 12.2 Å². The third-order valence-electron chi connectivity index (χ3n) is 1.61. The quantitative estimate of drug-likeness (QED) is 0.629. The molecule has 86 valence electrons. The van der Waals surface area contributed by atoms with E-state index in [9.17, 15) is 0 Å². The Morgan fingerprint density at radius 3 is 1.87 bits per heavy atom. The Morgan fingerprint density at radius 1 is 1.13 bits per heavy atom. The molecule has 0 saturated heterocycles. The second-order valence-corrected chi connectivity index (χ2v) is 2.81. The van der Waals surface area contributed by atoms with Crippen LogP contribution in [-0.4, -0.2) is 4.98 Å². The van der Waals surface area contributed by atoms with Crippen molar-refractivity contribution in [2.75, 3.05) is 0 Å². The van der Waals surface area contributed by atoms with Crippen molar-refractivity contribution in [3.8, 4) is 0 Å². The number of nitrogens with one attached hydrogen (secondary N) is 1. The fourth-order valence-corrected chi connectivity index (χ4v) is 1.11. The summed E-state index contributed by atoms with van der Waals surface area (Å²) in [6.07, 6.45) is 5.95. The van der Waals surface area contributed by atoms with Crippen molar-refractivity contribution in [1.29, 1.82) is 0 Å². The first-order chi connectivity index (χ1) is 7.19. The zero-order chi connectivity index (χ0) is 12.3. The summed E-state index contributed by atoms with van der Waals surface area (Å²) in [6.45, 7) is 15.4. The molecule has 15 heavy (non-hydrogen) atoms. The minimum atomic E-state index is 1.22. The van der Waals surface area contributed by atoms with Crippen LogP contribution in [0.4, 0.5) is 0 Å². The van der Waals surface area contributed by atoms with Gasteiger partial charge in [-0.3, -0.25) is 0 Å². The van der Waals surface area contributed by atoms with E-state index in [1.165, 1.54) is 16.3 Å². The molecule has 0 aliphatic heterocycles. The monoisotopic (exact) mass is 207 g/mol. The maximum Gasteiger partial charge on any atom is 0.0409 e. The van der Waals surface area contributed by atoms with Gasteiger partial charge >= 0.3 is 0 Å². The van der Waals surface area contributed by atoms with Crippen molar-refractivity contribution in [3.05, 3.63) is 35.0 Å². The maximum atomic E-state index is 3.36. The van der Waals surface area contributed by atoms with Crippen LogP contribution in [0.5, 0.6) is 0 Å². The number of aromatic nitrogens is 1. The van der Waals surface area contributed by atoms with Crippen LogP contribution < -0.4 is 10.6 Å². The van der Waals surface area contributed by atoms with Crippen LogP contribution in [0, 0.1) is 6.92 Å². The van der Waals surface area contributed by atoms with E-state index in [1.54, 1.807) is 6.08 Å². The number of H-pyrrole nitrogens is 1. The SMILES string of the molecule is C/C=c1/cc(C)[nH]/c1=C/C.C=CC.CC. The highest BCUT2D eigenvalue weighted by atomic mass is 14.7. The smallest absolute Gasteiger partial charge is 0.0409 e. The van der Waals surface area contributed by atoms with Crippen LogP contribution in [0.15, 0.2) is 18.7 Å². The summed E-state index contributed by atoms with van der Waals surface area (Å²) in [6, 6.07) is 2.15. The normalized spacial score (nSPS) is 11.1. The number of allylic oxidation sites excluding steroid dienone is 1. The summed E-state index contributed by atoms with van der Waals surface area (Å²) in [5.74, 6) is 0. The minimum Gasteiger partial charge on any atom is -0.359 e. The molecule has 1 aromatic heterocycles. The van der Waals surface area contributed by atoms with Gasteiger partial charge in [-0.2, -0.15) is 0 Å². The number of rotatable bonds is 0. The van der Waals surface area contributed by atoms with Gasteiger partial charge in [-0.1, -0.05) is 32.1 Å². The third-order valence-corrected chi connectivity index (χ3v) is 1.61. The maximum absolute atomic E-state index is 3.36. The first kappa shape index (κ1) is 16.2. The molecule has 0 unspecified atom stereocenters. The highest BCUT2D eigenvalue weighted by Crippen LogP contribution is 1.78. The van der Waals surface area contributed by atoms with Crippen molar-refractivity contribution in [3.63, 3.8) is 0 Å². The lowest BCUT2D eigenvalue weighted by molar-refractivity contribution is 1.21. The largest absolute Gasteiger partial charge is 0.359 e. The van der Waals surface area contributed by atoms with Gasteiger partial charge in [0.15, 0.2) is 0 Å². The number of hydrogen-bond donors (Lipinski definition) is 1. The van der Waals surface area contributed by atoms with E-state index in [-0.39, 0.29) is 0 Å². The Bertz CT molecular complexity index is 324. The highest BCUT2D eigenvalue weighted by molar-refractivity contribution is 5.27. The predicted octanol–water partition coefficient (Wildman–Crippen LogP) is 3.14. The summed E-state index contributed by atoms with van der Waals surface area (Å²) in [7, 11) is 0.